The van der Waals surface area contributed by atoms with Gasteiger partial charge in [-0.2, -0.15) is 0 Å². The molecule has 4 rings (SSSR count). The van der Waals surface area contributed by atoms with Crippen LogP contribution in [0.1, 0.15) is 40.7 Å². The zero-order valence-corrected chi connectivity index (χ0v) is 20.6. The normalized spacial score (nSPS) is 14.0. The number of rotatable bonds is 7. The van der Waals surface area contributed by atoms with E-state index in [9.17, 15) is 13.2 Å². The maximum absolute atomic E-state index is 12.7. The molecule has 0 atom stereocenters. The van der Waals surface area contributed by atoms with Gasteiger partial charge in [0.15, 0.2) is 0 Å². The summed E-state index contributed by atoms with van der Waals surface area (Å²) in [4.78, 5) is 15.2. The van der Waals surface area contributed by atoms with Crippen molar-refractivity contribution in [1.29, 1.82) is 0 Å². The fourth-order valence-corrected chi connectivity index (χ4v) is 5.26. The van der Waals surface area contributed by atoms with E-state index < -0.39 is 10.0 Å². The lowest BCUT2D eigenvalue weighted by molar-refractivity contribution is 0.0951. The molecule has 3 aromatic rings. The molecular formula is C26H28ClN3O3S. The van der Waals surface area contributed by atoms with Crippen LogP contribution in [0.25, 0.3) is 0 Å². The summed E-state index contributed by atoms with van der Waals surface area (Å²) in [7, 11) is -3.75. The molecule has 8 heteroatoms. The molecule has 0 saturated carbocycles. The molecule has 1 aliphatic rings. The molecule has 0 spiro atoms. The van der Waals surface area contributed by atoms with Gasteiger partial charge in [0.2, 0.25) is 0 Å². The first-order valence-corrected chi connectivity index (χ1v) is 13.2. The van der Waals surface area contributed by atoms with Crippen molar-refractivity contribution in [3.05, 3.63) is 88.4 Å². The van der Waals surface area contributed by atoms with Gasteiger partial charge in [0.25, 0.3) is 15.9 Å². The number of carbonyl (C=O) groups is 1. The van der Waals surface area contributed by atoms with Gasteiger partial charge < -0.3 is 10.2 Å². The number of anilines is 2. The van der Waals surface area contributed by atoms with Gasteiger partial charge >= 0.3 is 0 Å². The summed E-state index contributed by atoms with van der Waals surface area (Å²) >= 11 is 6.31. The van der Waals surface area contributed by atoms with E-state index in [1.54, 1.807) is 24.3 Å². The number of piperidine rings is 1. The van der Waals surface area contributed by atoms with Gasteiger partial charge in [0.05, 0.1) is 21.2 Å². The van der Waals surface area contributed by atoms with Crippen molar-refractivity contribution in [1.82, 2.24) is 5.32 Å². The number of nitrogens with zero attached hydrogens (tertiary/aromatic N) is 1. The second kappa shape index (κ2) is 10.5. The quantitative estimate of drug-likeness (QED) is 0.460. The summed E-state index contributed by atoms with van der Waals surface area (Å²) in [6.07, 6.45) is 3.75. The minimum Gasteiger partial charge on any atom is -0.372 e. The predicted octanol–water partition coefficient (Wildman–Crippen LogP) is 5.37. The molecule has 1 amide bonds. The van der Waals surface area contributed by atoms with E-state index in [0.29, 0.717) is 6.54 Å². The molecule has 0 aliphatic carbocycles. The average molecular weight is 498 g/mol. The van der Waals surface area contributed by atoms with Crippen LogP contribution >= 0.6 is 11.6 Å². The highest BCUT2D eigenvalue weighted by Gasteiger charge is 2.17. The first-order valence-electron chi connectivity index (χ1n) is 11.3. The van der Waals surface area contributed by atoms with Crippen LogP contribution in [0.15, 0.2) is 71.6 Å². The van der Waals surface area contributed by atoms with E-state index in [1.807, 2.05) is 19.1 Å². The molecule has 1 fully saturated rings. The van der Waals surface area contributed by atoms with Crippen molar-refractivity contribution in [2.45, 2.75) is 37.6 Å². The minimum absolute atomic E-state index is 0.155. The van der Waals surface area contributed by atoms with E-state index in [-0.39, 0.29) is 27.1 Å². The van der Waals surface area contributed by atoms with Crippen LogP contribution in [0.4, 0.5) is 11.4 Å². The van der Waals surface area contributed by atoms with Crippen molar-refractivity contribution in [3.8, 4) is 0 Å². The van der Waals surface area contributed by atoms with Gasteiger partial charge in [-0.1, -0.05) is 41.4 Å². The molecule has 178 valence electrons. The van der Waals surface area contributed by atoms with Gasteiger partial charge in [0.1, 0.15) is 0 Å². The monoisotopic (exact) mass is 497 g/mol. The van der Waals surface area contributed by atoms with Gasteiger partial charge in [-0.3, -0.25) is 9.52 Å². The van der Waals surface area contributed by atoms with Crippen LogP contribution in [-0.2, 0) is 16.6 Å². The molecule has 1 heterocycles. The van der Waals surface area contributed by atoms with Crippen molar-refractivity contribution in [2.75, 3.05) is 22.7 Å². The predicted molar refractivity (Wildman–Crippen MR) is 137 cm³/mol. The van der Waals surface area contributed by atoms with Crippen molar-refractivity contribution in [3.63, 3.8) is 0 Å². The lowest BCUT2D eigenvalue weighted by atomic mass is 10.1. The fourth-order valence-electron chi connectivity index (χ4n) is 3.95. The SMILES string of the molecule is Cc1ccc(S(=O)(=O)Nc2ccc(C(=O)NCc3ccc(N4CCCCC4)cc3)c(Cl)c2)cc1. The fraction of sp³-hybridized carbons (Fsp3) is 0.269. The molecule has 34 heavy (non-hydrogen) atoms. The van der Waals surface area contributed by atoms with Crippen LogP contribution in [-0.4, -0.2) is 27.4 Å². The van der Waals surface area contributed by atoms with Crippen molar-refractivity contribution >= 4 is 38.9 Å². The minimum atomic E-state index is -3.75. The van der Waals surface area contributed by atoms with Gasteiger partial charge in [0, 0.05) is 25.3 Å². The molecular weight excluding hydrogens is 470 g/mol. The lowest BCUT2D eigenvalue weighted by Gasteiger charge is -2.28. The Hall–Kier alpha value is -3.03. The highest BCUT2D eigenvalue weighted by atomic mass is 35.5. The van der Waals surface area contributed by atoms with Crippen molar-refractivity contribution in [2.24, 2.45) is 0 Å². The van der Waals surface area contributed by atoms with E-state index in [2.05, 4.69) is 27.1 Å². The average Bonchev–Trinajstić information content (AvgIpc) is 2.83. The zero-order chi connectivity index (χ0) is 24.1. The molecule has 1 aliphatic heterocycles. The number of benzene rings is 3. The Labute approximate surface area is 206 Å². The molecule has 6 nitrogen and oxygen atoms in total. The smallest absolute Gasteiger partial charge is 0.261 e. The van der Waals surface area contributed by atoms with Crippen LogP contribution in [0.2, 0.25) is 5.02 Å². The maximum atomic E-state index is 12.7. The largest absolute Gasteiger partial charge is 0.372 e. The number of halogens is 1. The third-order valence-electron chi connectivity index (χ3n) is 5.91. The summed E-state index contributed by atoms with van der Waals surface area (Å²) in [5.41, 5.74) is 3.74. The molecule has 0 unspecified atom stereocenters. The molecule has 0 radical (unpaired) electrons. The first kappa shape index (κ1) is 24.1. The molecule has 2 N–H and O–H groups in total. The van der Waals surface area contributed by atoms with E-state index in [4.69, 9.17) is 11.6 Å². The summed E-state index contributed by atoms with van der Waals surface area (Å²) in [6, 6.07) is 19.3. The van der Waals surface area contributed by atoms with E-state index in [0.717, 1.165) is 24.2 Å². The summed E-state index contributed by atoms with van der Waals surface area (Å²) < 4.78 is 27.7. The van der Waals surface area contributed by atoms with E-state index in [1.165, 1.54) is 43.1 Å². The van der Waals surface area contributed by atoms with Gasteiger partial charge in [-0.05, 0) is 74.2 Å². The maximum Gasteiger partial charge on any atom is 0.261 e. The lowest BCUT2D eigenvalue weighted by Crippen LogP contribution is -2.29. The van der Waals surface area contributed by atoms with Gasteiger partial charge in [-0.15, -0.1) is 0 Å². The number of aryl methyl sites for hydroxylation is 1. The van der Waals surface area contributed by atoms with Crippen molar-refractivity contribution < 1.29 is 13.2 Å². The summed E-state index contributed by atoms with van der Waals surface area (Å²) in [6.45, 7) is 4.44. The molecule has 1 saturated heterocycles. The Balaban J connectivity index is 1.37. The number of hydrogen-bond donors (Lipinski definition) is 2. The van der Waals surface area contributed by atoms with E-state index >= 15 is 0 Å². The number of nitrogens with one attached hydrogen (secondary N) is 2. The Bertz CT molecular complexity index is 1250. The number of hydrogen-bond acceptors (Lipinski definition) is 4. The summed E-state index contributed by atoms with van der Waals surface area (Å²) in [5.74, 6) is -0.321. The first-order chi connectivity index (χ1) is 16.3. The number of amides is 1. The molecule has 3 aromatic carbocycles. The highest BCUT2D eigenvalue weighted by Crippen LogP contribution is 2.24. The third kappa shape index (κ3) is 5.90. The molecule has 0 aromatic heterocycles. The second-order valence-electron chi connectivity index (χ2n) is 8.51. The Morgan fingerprint density at radius 3 is 2.26 bits per heavy atom. The summed E-state index contributed by atoms with van der Waals surface area (Å²) in [5, 5.41) is 3.05. The Kier molecular flexibility index (Phi) is 7.44. The Morgan fingerprint density at radius 1 is 0.941 bits per heavy atom. The molecule has 0 bridgehead atoms. The standard InChI is InChI=1S/C26H28ClN3O3S/c1-19-5-12-23(13-6-19)34(32,33)29-21-9-14-24(25(27)17-21)26(31)28-18-20-7-10-22(11-8-20)30-15-3-2-4-16-30/h5-14,17,29H,2-4,15-16,18H2,1H3,(H,28,31). The topological polar surface area (TPSA) is 78.5 Å². The third-order valence-corrected chi connectivity index (χ3v) is 7.62. The highest BCUT2D eigenvalue weighted by molar-refractivity contribution is 7.92. The van der Waals surface area contributed by atoms with Crippen LogP contribution in [0, 0.1) is 6.92 Å². The van der Waals surface area contributed by atoms with Crippen LogP contribution in [0.5, 0.6) is 0 Å². The number of sulfonamides is 1. The van der Waals surface area contributed by atoms with Crippen LogP contribution < -0.4 is 14.9 Å². The number of carbonyl (C=O) groups excluding carboxylic acids is 1. The van der Waals surface area contributed by atoms with Crippen LogP contribution in [0.3, 0.4) is 0 Å². The van der Waals surface area contributed by atoms with Gasteiger partial charge in [-0.25, -0.2) is 8.42 Å². The zero-order valence-electron chi connectivity index (χ0n) is 19.1. The Morgan fingerprint density at radius 2 is 1.62 bits per heavy atom. The second-order valence-corrected chi connectivity index (χ2v) is 10.6.